The maximum atomic E-state index is 12.2. The number of benzene rings is 2. The van der Waals surface area contributed by atoms with Crippen molar-refractivity contribution in [1.29, 1.82) is 0 Å². The molecule has 0 saturated carbocycles. The minimum atomic E-state index is -0.544. The second-order valence-corrected chi connectivity index (χ2v) is 7.75. The number of primary amides is 1. The molecule has 0 spiro atoms. The summed E-state index contributed by atoms with van der Waals surface area (Å²) in [6, 6.07) is 13.4. The molecule has 8 heteroatoms. The Bertz CT molecular complexity index is 1070. The number of carbonyl (C=O) groups excluding carboxylic acids is 2. The van der Waals surface area contributed by atoms with E-state index in [1.807, 2.05) is 56.3 Å². The number of hydrogen-bond donors (Lipinski definition) is 3. The third-order valence-electron chi connectivity index (χ3n) is 4.22. The van der Waals surface area contributed by atoms with E-state index in [9.17, 15) is 9.59 Å². The zero-order valence-electron chi connectivity index (χ0n) is 15.4. The van der Waals surface area contributed by atoms with Gasteiger partial charge in [-0.3, -0.25) is 14.9 Å². The van der Waals surface area contributed by atoms with Gasteiger partial charge in [0.2, 0.25) is 0 Å². The number of aryl methyl sites for hydroxylation is 1. The van der Waals surface area contributed by atoms with E-state index in [0.29, 0.717) is 16.3 Å². The van der Waals surface area contributed by atoms with Gasteiger partial charge in [-0.05, 0) is 43.1 Å². The number of fused-ring (bicyclic) bond motifs is 1. The molecule has 0 aliphatic heterocycles. The van der Waals surface area contributed by atoms with Crippen molar-refractivity contribution in [2.75, 3.05) is 11.9 Å². The number of amides is 2. The summed E-state index contributed by atoms with van der Waals surface area (Å²) in [5.74, 6) is -0.332. The van der Waals surface area contributed by atoms with Gasteiger partial charge in [0, 0.05) is 10.3 Å². The van der Waals surface area contributed by atoms with Crippen LogP contribution in [0, 0.1) is 13.8 Å². The van der Waals surface area contributed by atoms with Crippen LogP contribution in [-0.2, 0) is 4.79 Å². The standard InChI is InChI=1S/C20H19N3O3S2/c1-11-12(2)28-19(17(11)18(21)25)23-20(27)22-16(24)10-26-15-9-5-7-13-6-3-4-8-14(13)15/h3-9H,10H2,1-2H3,(H2,21,25)(H2,22,23,24,27). The monoisotopic (exact) mass is 413 g/mol. The van der Waals surface area contributed by atoms with Gasteiger partial charge in [0.25, 0.3) is 11.8 Å². The van der Waals surface area contributed by atoms with Crippen LogP contribution in [0.5, 0.6) is 5.75 Å². The average molecular weight is 414 g/mol. The lowest BCUT2D eigenvalue weighted by Gasteiger charge is -2.11. The van der Waals surface area contributed by atoms with Crippen molar-refractivity contribution in [3.8, 4) is 5.75 Å². The minimum Gasteiger partial charge on any atom is -0.483 e. The summed E-state index contributed by atoms with van der Waals surface area (Å²) in [5.41, 5.74) is 6.62. The predicted octanol–water partition coefficient (Wildman–Crippen LogP) is 3.51. The number of rotatable bonds is 5. The molecule has 1 heterocycles. The molecule has 0 atom stereocenters. The molecule has 2 amide bonds. The van der Waals surface area contributed by atoms with E-state index >= 15 is 0 Å². The fourth-order valence-electron chi connectivity index (χ4n) is 2.77. The third-order valence-corrected chi connectivity index (χ3v) is 5.55. The molecular formula is C20H19N3O3S2. The fourth-order valence-corrected chi connectivity index (χ4v) is 4.12. The molecule has 3 rings (SSSR count). The Hall–Kier alpha value is -2.97. The number of nitrogens with two attached hydrogens (primary N) is 1. The Balaban J connectivity index is 1.62. The molecule has 0 unspecified atom stereocenters. The number of anilines is 1. The van der Waals surface area contributed by atoms with Crippen LogP contribution in [-0.4, -0.2) is 23.5 Å². The van der Waals surface area contributed by atoms with Gasteiger partial charge < -0.3 is 15.8 Å². The minimum absolute atomic E-state index is 0.0790. The topological polar surface area (TPSA) is 93.4 Å². The first-order valence-electron chi connectivity index (χ1n) is 8.48. The summed E-state index contributed by atoms with van der Waals surface area (Å²) in [7, 11) is 0. The molecule has 144 valence electrons. The highest BCUT2D eigenvalue weighted by atomic mass is 32.1. The van der Waals surface area contributed by atoms with Crippen LogP contribution in [0.2, 0.25) is 0 Å². The summed E-state index contributed by atoms with van der Waals surface area (Å²) >= 11 is 6.53. The van der Waals surface area contributed by atoms with Crippen molar-refractivity contribution in [3.63, 3.8) is 0 Å². The van der Waals surface area contributed by atoms with E-state index in [0.717, 1.165) is 21.2 Å². The molecule has 0 aliphatic carbocycles. The second-order valence-electron chi connectivity index (χ2n) is 6.12. The van der Waals surface area contributed by atoms with Crippen molar-refractivity contribution < 1.29 is 14.3 Å². The van der Waals surface area contributed by atoms with Gasteiger partial charge in [-0.15, -0.1) is 11.3 Å². The Morgan fingerprint density at radius 3 is 2.61 bits per heavy atom. The normalized spacial score (nSPS) is 10.5. The Morgan fingerprint density at radius 2 is 1.86 bits per heavy atom. The molecule has 0 bridgehead atoms. The van der Waals surface area contributed by atoms with Crippen LogP contribution in [0.25, 0.3) is 10.8 Å². The summed E-state index contributed by atoms with van der Waals surface area (Å²) in [5, 5.41) is 7.97. The van der Waals surface area contributed by atoms with Gasteiger partial charge in [-0.25, -0.2) is 0 Å². The molecule has 0 saturated heterocycles. The molecule has 2 aromatic carbocycles. The van der Waals surface area contributed by atoms with Crippen LogP contribution in [0.4, 0.5) is 5.00 Å². The van der Waals surface area contributed by atoms with Crippen LogP contribution < -0.4 is 21.1 Å². The summed E-state index contributed by atoms with van der Waals surface area (Å²) < 4.78 is 5.65. The lowest BCUT2D eigenvalue weighted by molar-refractivity contribution is -0.121. The van der Waals surface area contributed by atoms with Crippen LogP contribution >= 0.6 is 23.6 Å². The summed E-state index contributed by atoms with van der Waals surface area (Å²) in [6.45, 7) is 3.51. The molecule has 3 aromatic rings. The van der Waals surface area contributed by atoms with Gasteiger partial charge in [0.05, 0.1) is 5.56 Å². The quantitative estimate of drug-likeness (QED) is 0.557. The number of thiophene rings is 1. The molecular weight excluding hydrogens is 394 g/mol. The fraction of sp³-hybridized carbons (Fsp3) is 0.150. The van der Waals surface area contributed by atoms with E-state index < -0.39 is 11.8 Å². The van der Waals surface area contributed by atoms with Gasteiger partial charge in [0.1, 0.15) is 10.8 Å². The van der Waals surface area contributed by atoms with Crippen molar-refractivity contribution in [2.45, 2.75) is 13.8 Å². The maximum Gasteiger partial charge on any atom is 0.264 e. The van der Waals surface area contributed by atoms with Crippen LogP contribution in [0.15, 0.2) is 42.5 Å². The highest BCUT2D eigenvalue weighted by molar-refractivity contribution is 7.80. The van der Waals surface area contributed by atoms with Crippen molar-refractivity contribution in [1.82, 2.24) is 5.32 Å². The first-order valence-corrected chi connectivity index (χ1v) is 9.70. The smallest absolute Gasteiger partial charge is 0.264 e. The van der Waals surface area contributed by atoms with Crippen molar-refractivity contribution in [2.24, 2.45) is 5.73 Å². The second kappa shape index (κ2) is 8.37. The Morgan fingerprint density at radius 1 is 1.14 bits per heavy atom. The Kier molecular flexibility index (Phi) is 5.91. The van der Waals surface area contributed by atoms with Crippen molar-refractivity contribution in [3.05, 3.63) is 58.5 Å². The van der Waals surface area contributed by atoms with Gasteiger partial charge in [0.15, 0.2) is 11.7 Å². The van der Waals surface area contributed by atoms with Gasteiger partial charge >= 0.3 is 0 Å². The van der Waals surface area contributed by atoms with Crippen LogP contribution in [0.3, 0.4) is 0 Å². The van der Waals surface area contributed by atoms with E-state index in [1.165, 1.54) is 11.3 Å². The maximum absolute atomic E-state index is 12.2. The number of hydrogen-bond acceptors (Lipinski definition) is 5. The predicted molar refractivity (Wildman–Crippen MR) is 116 cm³/mol. The van der Waals surface area contributed by atoms with Gasteiger partial charge in [-0.1, -0.05) is 36.4 Å². The third kappa shape index (κ3) is 4.29. The average Bonchev–Trinajstić information content (AvgIpc) is 2.93. The number of carbonyl (C=O) groups is 2. The molecule has 0 radical (unpaired) electrons. The van der Waals surface area contributed by atoms with E-state index in [1.54, 1.807) is 0 Å². The molecule has 1 aromatic heterocycles. The largest absolute Gasteiger partial charge is 0.483 e. The zero-order chi connectivity index (χ0) is 20.3. The summed E-state index contributed by atoms with van der Waals surface area (Å²) in [4.78, 5) is 24.8. The first kappa shape index (κ1) is 19.8. The zero-order valence-corrected chi connectivity index (χ0v) is 17.0. The van der Waals surface area contributed by atoms with Crippen molar-refractivity contribution >= 4 is 56.3 Å². The highest BCUT2D eigenvalue weighted by Crippen LogP contribution is 2.32. The molecule has 6 nitrogen and oxygen atoms in total. The first-order chi connectivity index (χ1) is 13.4. The number of thiocarbonyl (C=S) groups is 1. The molecule has 0 fully saturated rings. The summed E-state index contributed by atoms with van der Waals surface area (Å²) in [6.07, 6.45) is 0. The van der Waals surface area contributed by atoms with Gasteiger partial charge in [-0.2, -0.15) is 0 Å². The van der Waals surface area contributed by atoms with E-state index in [4.69, 9.17) is 22.7 Å². The highest BCUT2D eigenvalue weighted by Gasteiger charge is 2.18. The number of nitrogens with one attached hydrogen (secondary N) is 2. The lowest BCUT2D eigenvalue weighted by Crippen LogP contribution is -2.37. The van der Waals surface area contributed by atoms with Crippen LogP contribution in [0.1, 0.15) is 20.8 Å². The van der Waals surface area contributed by atoms with E-state index in [2.05, 4.69) is 10.6 Å². The van der Waals surface area contributed by atoms with E-state index in [-0.39, 0.29) is 11.7 Å². The molecule has 4 N–H and O–H groups in total. The lowest BCUT2D eigenvalue weighted by atomic mass is 10.1. The molecule has 28 heavy (non-hydrogen) atoms. The molecule has 0 aliphatic rings. The number of ether oxygens (including phenoxy) is 1. The SMILES string of the molecule is Cc1sc(NC(=S)NC(=O)COc2cccc3ccccc23)c(C(N)=O)c1C. The Labute approximate surface area is 171 Å².